The van der Waals surface area contributed by atoms with Crippen LogP contribution >= 0.6 is 11.3 Å². The summed E-state index contributed by atoms with van der Waals surface area (Å²) in [5, 5.41) is 34.1. The maximum absolute atomic E-state index is 14.4. The number of aromatic nitrogens is 4. The van der Waals surface area contributed by atoms with Gasteiger partial charge in [-0.15, -0.1) is 11.3 Å². The monoisotopic (exact) mass is 690 g/mol. The molecule has 6 N–H and O–H groups in total. The standard InChI is InChI=1S/C34H33F3N8O3S/c1-16-26(32-44-28-25(49-32)11-12-38-27(28)18-7-8-18)31(45-33(41-16)39-15-20-21(36)3-2-4-22(20)37)42-23-13-24(30(47)29(23)46)43-34(48)40-14-17-5-9-19(35)10-6-17/h2-6,9-12,18,23-24,29-30,46-47H,7-8,13-15H2,1H3,(H2,40,43,48)(H2,39,41,42,45). The van der Waals surface area contributed by atoms with Crippen molar-refractivity contribution in [2.24, 2.45) is 0 Å². The van der Waals surface area contributed by atoms with Gasteiger partial charge in [0.1, 0.15) is 46.0 Å². The topological polar surface area (TPSA) is 157 Å². The van der Waals surface area contributed by atoms with Crippen molar-refractivity contribution in [3.63, 3.8) is 0 Å². The van der Waals surface area contributed by atoms with Crippen LogP contribution in [0.5, 0.6) is 0 Å². The molecule has 3 heterocycles. The van der Waals surface area contributed by atoms with E-state index in [-0.39, 0.29) is 42.7 Å². The van der Waals surface area contributed by atoms with Crippen LogP contribution in [-0.2, 0) is 13.1 Å². The Kier molecular flexibility index (Phi) is 9.05. The summed E-state index contributed by atoms with van der Waals surface area (Å²) in [4.78, 5) is 31.4. The van der Waals surface area contributed by atoms with Crippen molar-refractivity contribution < 1.29 is 28.2 Å². The molecular weight excluding hydrogens is 657 g/mol. The van der Waals surface area contributed by atoms with Gasteiger partial charge in [0.05, 0.1) is 33.7 Å². The van der Waals surface area contributed by atoms with Gasteiger partial charge in [0.15, 0.2) is 0 Å². The third kappa shape index (κ3) is 7.00. The van der Waals surface area contributed by atoms with Gasteiger partial charge in [-0.05, 0) is 62.1 Å². The molecule has 2 aromatic carbocycles. The third-order valence-electron chi connectivity index (χ3n) is 8.78. The number of benzene rings is 2. The number of carbonyl (C=O) groups excluding carboxylic acids is 1. The first-order chi connectivity index (χ1) is 23.6. The van der Waals surface area contributed by atoms with Crippen LogP contribution in [0.15, 0.2) is 54.7 Å². The number of aliphatic hydroxyl groups is 2. The summed E-state index contributed by atoms with van der Waals surface area (Å²) in [6.07, 6.45) is 1.41. The molecule has 2 amide bonds. The van der Waals surface area contributed by atoms with Crippen LogP contribution in [0, 0.1) is 24.4 Å². The number of hydrogen-bond donors (Lipinski definition) is 6. The number of nitrogens with one attached hydrogen (secondary N) is 4. The van der Waals surface area contributed by atoms with E-state index in [0.29, 0.717) is 27.7 Å². The van der Waals surface area contributed by atoms with Crippen molar-refractivity contribution in [3.05, 3.63) is 94.7 Å². The second kappa shape index (κ2) is 13.6. The Balaban J connectivity index is 1.15. The fourth-order valence-corrected chi connectivity index (χ4v) is 7.08. The van der Waals surface area contributed by atoms with Crippen LogP contribution in [0.1, 0.15) is 47.7 Å². The van der Waals surface area contributed by atoms with Gasteiger partial charge in [-0.3, -0.25) is 4.98 Å². The minimum absolute atomic E-state index is 0.0794. The Bertz CT molecular complexity index is 1990. The maximum atomic E-state index is 14.4. The van der Waals surface area contributed by atoms with E-state index < -0.39 is 42.0 Å². The number of aryl methyl sites for hydroxylation is 1. The zero-order valence-electron chi connectivity index (χ0n) is 26.3. The molecule has 0 radical (unpaired) electrons. The smallest absolute Gasteiger partial charge is 0.315 e. The molecule has 2 saturated carbocycles. The van der Waals surface area contributed by atoms with Gasteiger partial charge in [0, 0.05) is 30.8 Å². The number of aliphatic hydroxyl groups excluding tert-OH is 2. The highest BCUT2D eigenvalue weighted by Gasteiger charge is 2.43. The zero-order chi connectivity index (χ0) is 34.2. The van der Waals surface area contributed by atoms with Crippen LogP contribution in [0.3, 0.4) is 0 Å². The summed E-state index contributed by atoms with van der Waals surface area (Å²) in [5.74, 6) is -1.08. The molecular formula is C34H33F3N8O3S. The molecule has 2 aliphatic carbocycles. The Morgan fingerprint density at radius 1 is 0.939 bits per heavy atom. The van der Waals surface area contributed by atoms with E-state index in [9.17, 15) is 28.2 Å². The summed E-state index contributed by atoms with van der Waals surface area (Å²) in [6.45, 7) is 1.67. The van der Waals surface area contributed by atoms with Crippen molar-refractivity contribution in [3.8, 4) is 10.6 Å². The molecule has 5 aromatic rings. The maximum Gasteiger partial charge on any atom is 0.315 e. The molecule has 11 nitrogen and oxygen atoms in total. The Hall–Kier alpha value is -4.86. The van der Waals surface area contributed by atoms with Gasteiger partial charge in [-0.25, -0.2) is 27.9 Å². The van der Waals surface area contributed by atoms with Gasteiger partial charge in [-0.1, -0.05) is 18.2 Å². The molecule has 2 fully saturated rings. The number of nitrogens with zero attached hydrogens (tertiary/aromatic N) is 4. The highest BCUT2D eigenvalue weighted by molar-refractivity contribution is 7.21. The van der Waals surface area contributed by atoms with Crippen LogP contribution in [0.2, 0.25) is 0 Å². The average molecular weight is 691 g/mol. The highest BCUT2D eigenvalue weighted by Crippen LogP contribution is 2.44. The van der Waals surface area contributed by atoms with Crippen LogP contribution in [0.4, 0.5) is 29.7 Å². The van der Waals surface area contributed by atoms with Crippen molar-refractivity contribution in [1.82, 2.24) is 30.6 Å². The number of rotatable bonds is 10. The Morgan fingerprint density at radius 2 is 1.67 bits per heavy atom. The molecule has 4 atom stereocenters. The quantitative estimate of drug-likeness (QED) is 0.117. The minimum Gasteiger partial charge on any atom is -0.388 e. The van der Waals surface area contributed by atoms with Crippen LogP contribution in [0.25, 0.3) is 20.8 Å². The molecule has 7 rings (SSSR count). The third-order valence-corrected chi connectivity index (χ3v) is 9.81. The zero-order valence-corrected chi connectivity index (χ0v) is 27.1. The summed E-state index contributed by atoms with van der Waals surface area (Å²) >= 11 is 1.44. The lowest BCUT2D eigenvalue weighted by Gasteiger charge is -2.21. The Morgan fingerprint density at radius 3 is 2.41 bits per heavy atom. The molecule has 2 aliphatic rings. The number of fused-ring (bicyclic) bond motifs is 1. The highest BCUT2D eigenvalue weighted by atomic mass is 32.1. The number of amides is 2. The summed E-state index contributed by atoms with van der Waals surface area (Å²) < 4.78 is 42.9. The molecule has 0 saturated heterocycles. The van der Waals surface area contributed by atoms with E-state index in [1.165, 1.54) is 41.7 Å². The summed E-state index contributed by atoms with van der Waals surface area (Å²) in [5.41, 5.74) is 3.33. The predicted octanol–water partition coefficient (Wildman–Crippen LogP) is 5.14. The van der Waals surface area contributed by atoms with Crippen molar-refractivity contribution in [2.75, 3.05) is 10.6 Å². The van der Waals surface area contributed by atoms with E-state index in [1.54, 1.807) is 25.3 Å². The average Bonchev–Trinajstić information content (AvgIpc) is 3.78. The number of thiazole rings is 1. The van der Waals surface area contributed by atoms with Gasteiger partial charge in [0.25, 0.3) is 0 Å². The number of halogens is 3. The fraction of sp³-hybridized carbons (Fsp3) is 0.324. The largest absolute Gasteiger partial charge is 0.388 e. The van der Waals surface area contributed by atoms with Crippen LogP contribution in [-0.4, -0.2) is 60.5 Å². The normalized spacial score (nSPS) is 20.4. The first-order valence-electron chi connectivity index (χ1n) is 15.9. The van der Waals surface area contributed by atoms with Crippen molar-refractivity contribution >= 4 is 39.4 Å². The molecule has 3 aromatic heterocycles. The second-order valence-corrected chi connectivity index (χ2v) is 13.3. The molecule has 254 valence electrons. The number of anilines is 2. The van der Waals surface area contributed by atoms with E-state index in [0.717, 1.165) is 28.8 Å². The van der Waals surface area contributed by atoms with E-state index in [4.69, 9.17) is 4.98 Å². The van der Waals surface area contributed by atoms with Crippen molar-refractivity contribution in [1.29, 1.82) is 0 Å². The lowest BCUT2D eigenvalue weighted by Crippen LogP contribution is -2.47. The Labute approximate surface area is 283 Å². The van der Waals surface area contributed by atoms with Gasteiger partial charge in [0.2, 0.25) is 5.95 Å². The van der Waals surface area contributed by atoms with Gasteiger partial charge < -0.3 is 31.5 Å². The number of hydrogen-bond acceptors (Lipinski definition) is 10. The number of carbonyl (C=O) groups is 1. The van der Waals surface area contributed by atoms with Crippen molar-refractivity contribution in [2.45, 2.75) is 69.5 Å². The van der Waals surface area contributed by atoms with E-state index >= 15 is 0 Å². The van der Waals surface area contributed by atoms with E-state index in [2.05, 4.69) is 36.2 Å². The minimum atomic E-state index is -1.31. The molecule has 15 heteroatoms. The molecule has 0 spiro atoms. The fourth-order valence-electron chi connectivity index (χ4n) is 6.02. The van der Waals surface area contributed by atoms with E-state index in [1.807, 2.05) is 6.07 Å². The second-order valence-electron chi connectivity index (χ2n) is 12.3. The number of pyridine rings is 1. The van der Waals surface area contributed by atoms with Gasteiger partial charge >= 0.3 is 6.03 Å². The summed E-state index contributed by atoms with van der Waals surface area (Å²) in [6, 6.07) is 9.06. The molecule has 4 unspecified atom stereocenters. The number of urea groups is 1. The first kappa shape index (κ1) is 32.7. The van der Waals surface area contributed by atoms with Crippen LogP contribution < -0.4 is 21.3 Å². The predicted molar refractivity (Wildman–Crippen MR) is 178 cm³/mol. The molecule has 0 bridgehead atoms. The lowest BCUT2D eigenvalue weighted by atomic mass is 10.1. The molecule has 0 aliphatic heterocycles. The lowest BCUT2D eigenvalue weighted by molar-refractivity contribution is 0.0281. The SMILES string of the molecule is Cc1nc(NCc2c(F)cccc2F)nc(NC2CC(NC(=O)NCc3ccc(F)cc3)C(O)C2O)c1-c1nc2c(C3CC3)nccc2s1. The first-order valence-corrected chi connectivity index (χ1v) is 16.7. The molecule has 49 heavy (non-hydrogen) atoms. The van der Waals surface area contributed by atoms with Gasteiger partial charge in [-0.2, -0.15) is 4.98 Å². The summed E-state index contributed by atoms with van der Waals surface area (Å²) in [7, 11) is 0.